The Morgan fingerprint density at radius 2 is 1.64 bits per heavy atom. The topological polar surface area (TPSA) is 0 Å². The van der Waals surface area contributed by atoms with Gasteiger partial charge >= 0.3 is 0 Å². The van der Waals surface area contributed by atoms with Crippen LogP contribution in [-0.2, 0) is 0 Å². The van der Waals surface area contributed by atoms with Crippen molar-refractivity contribution >= 4 is 0 Å². The van der Waals surface area contributed by atoms with E-state index in [1.165, 1.54) is 64.2 Å². The summed E-state index contributed by atoms with van der Waals surface area (Å²) in [5.41, 5.74) is 2.95. The second-order valence-corrected chi connectivity index (χ2v) is 12.6. The van der Waals surface area contributed by atoms with Crippen molar-refractivity contribution in [2.45, 2.75) is 112 Å². The molecule has 4 aliphatic carbocycles. The van der Waals surface area contributed by atoms with Gasteiger partial charge in [-0.2, -0.15) is 0 Å². The van der Waals surface area contributed by atoms with Gasteiger partial charge in [-0.05, 0) is 111 Å². The lowest BCUT2D eigenvalue weighted by molar-refractivity contribution is -0.0961. The first-order chi connectivity index (χ1) is 13.3. The molecule has 0 aromatic rings. The minimum Gasteiger partial charge on any atom is -0.0819 e. The average Bonchev–Trinajstić information content (AvgIpc) is 2.99. The van der Waals surface area contributed by atoms with Gasteiger partial charge in [0.25, 0.3) is 0 Å². The molecule has 0 aromatic heterocycles. The molecule has 0 radical (unpaired) electrons. The van der Waals surface area contributed by atoms with Crippen molar-refractivity contribution < 1.29 is 0 Å². The fourth-order valence-electron chi connectivity index (χ4n) is 9.05. The summed E-state index contributed by atoms with van der Waals surface area (Å²) in [6, 6.07) is 0. The van der Waals surface area contributed by atoms with E-state index in [4.69, 9.17) is 0 Å². The molecule has 0 nitrogen and oxygen atoms in total. The molecule has 0 unspecified atom stereocenters. The lowest BCUT2D eigenvalue weighted by atomic mass is 9.45. The largest absolute Gasteiger partial charge is 0.0819 e. The molecule has 0 amide bonds. The van der Waals surface area contributed by atoms with Crippen molar-refractivity contribution in [3.05, 3.63) is 11.6 Å². The Bertz CT molecular complexity index is 585. The number of allylic oxidation sites excluding steroid dienone is 2. The van der Waals surface area contributed by atoms with Gasteiger partial charge in [0.2, 0.25) is 0 Å². The second-order valence-electron chi connectivity index (χ2n) is 12.6. The Hall–Kier alpha value is -0.260. The standard InChI is InChI=1S/C28H48/c1-19(2)8-7-9-21(4)24-12-13-25-23-11-10-22-18-20(3)14-16-27(22,5)26(23)15-17-28(24,25)6/h18-19,21-26H,7-17H2,1-6H3/t21-,22+,23+,24-,25+,26+,27+,28-/m1/s1. The summed E-state index contributed by atoms with van der Waals surface area (Å²) in [7, 11) is 0. The molecule has 0 saturated heterocycles. The smallest absolute Gasteiger partial charge is 0.0174 e. The monoisotopic (exact) mass is 384 g/mol. The summed E-state index contributed by atoms with van der Waals surface area (Å²) in [6.07, 6.45) is 19.1. The summed E-state index contributed by atoms with van der Waals surface area (Å²) >= 11 is 0. The normalized spacial score (nSPS) is 46.5. The Morgan fingerprint density at radius 3 is 2.39 bits per heavy atom. The van der Waals surface area contributed by atoms with Gasteiger partial charge in [0.1, 0.15) is 0 Å². The maximum absolute atomic E-state index is 2.74. The Labute approximate surface area is 176 Å². The molecular weight excluding hydrogens is 336 g/mol. The molecule has 3 fully saturated rings. The molecule has 0 aromatic carbocycles. The van der Waals surface area contributed by atoms with E-state index in [0.29, 0.717) is 10.8 Å². The lowest BCUT2D eigenvalue weighted by Gasteiger charge is -2.60. The lowest BCUT2D eigenvalue weighted by Crippen LogP contribution is -2.52. The predicted molar refractivity (Wildman–Crippen MR) is 122 cm³/mol. The zero-order valence-electron chi connectivity index (χ0n) is 19.9. The molecule has 0 heterocycles. The fraction of sp³-hybridized carbons (Fsp3) is 0.929. The zero-order valence-corrected chi connectivity index (χ0v) is 19.9. The van der Waals surface area contributed by atoms with Crippen LogP contribution in [0.4, 0.5) is 0 Å². The summed E-state index contributed by atoms with van der Waals surface area (Å²) in [4.78, 5) is 0. The maximum Gasteiger partial charge on any atom is -0.0174 e. The van der Waals surface area contributed by atoms with Gasteiger partial charge in [0, 0.05) is 0 Å². The Morgan fingerprint density at radius 1 is 0.893 bits per heavy atom. The van der Waals surface area contributed by atoms with Crippen molar-refractivity contribution in [3.8, 4) is 0 Å². The number of rotatable bonds is 5. The molecule has 8 atom stereocenters. The number of hydrogen-bond donors (Lipinski definition) is 0. The SMILES string of the molecule is CC1=C[C@@H]2CC[C@@H]3[C@H](CC[C@]4(C)[C@@H]([C@H](C)CCCC(C)C)CC[C@@H]34)[C@@]2(C)CC1. The highest BCUT2D eigenvalue weighted by atomic mass is 14.6. The molecule has 4 aliphatic rings. The Kier molecular flexibility index (Phi) is 5.83. The van der Waals surface area contributed by atoms with Crippen LogP contribution in [0.3, 0.4) is 0 Å². The first kappa shape index (κ1) is 21.0. The molecule has 0 heteroatoms. The van der Waals surface area contributed by atoms with Gasteiger partial charge in [-0.25, -0.2) is 0 Å². The first-order valence-electron chi connectivity index (χ1n) is 12.9. The van der Waals surface area contributed by atoms with Crippen LogP contribution in [0, 0.1) is 52.3 Å². The third kappa shape index (κ3) is 3.43. The quantitative estimate of drug-likeness (QED) is 0.416. The highest BCUT2D eigenvalue weighted by Crippen LogP contribution is 2.68. The Balaban J connectivity index is 1.48. The maximum atomic E-state index is 2.74. The van der Waals surface area contributed by atoms with Gasteiger partial charge in [-0.3, -0.25) is 0 Å². The van der Waals surface area contributed by atoms with Crippen LogP contribution in [0.5, 0.6) is 0 Å². The summed E-state index contributed by atoms with van der Waals surface area (Å²) in [5, 5.41) is 0. The minimum atomic E-state index is 0.616. The van der Waals surface area contributed by atoms with Crippen LogP contribution in [-0.4, -0.2) is 0 Å². The molecule has 3 saturated carbocycles. The van der Waals surface area contributed by atoms with Crippen LogP contribution in [0.2, 0.25) is 0 Å². The van der Waals surface area contributed by atoms with Crippen LogP contribution < -0.4 is 0 Å². The number of fused-ring (bicyclic) bond motifs is 5. The molecule has 0 spiro atoms. The summed E-state index contributed by atoms with van der Waals surface area (Å²) < 4.78 is 0. The van der Waals surface area contributed by atoms with E-state index < -0.39 is 0 Å². The van der Waals surface area contributed by atoms with E-state index in [-0.39, 0.29) is 0 Å². The van der Waals surface area contributed by atoms with Crippen molar-refractivity contribution in [1.29, 1.82) is 0 Å². The van der Waals surface area contributed by atoms with Crippen LogP contribution in [0.25, 0.3) is 0 Å². The van der Waals surface area contributed by atoms with Gasteiger partial charge < -0.3 is 0 Å². The molecule has 4 rings (SSSR count). The van der Waals surface area contributed by atoms with Gasteiger partial charge in [0.05, 0.1) is 0 Å². The molecule has 0 bridgehead atoms. The third-order valence-corrected chi connectivity index (χ3v) is 10.7. The highest BCUT2D eigenvalue weighted by Gasteiger charge is 2.59. The van der Waals surface area contributed by atoms with E-state index in [1.54, 1.807) is 12.0 Å². The minimum absolute atomic E-state index is 0.616. The molecular formula is C28H48. The second kappa shape index (κ2) is 7.77. The van der Waals surface area contributed by atoms with Crippen molar-refractivity contribution in [2.24, 2.45) is 52.3 Å². The van der Waals surface area contributed by atoms with Crippen molar-refractivity contribution in [3.63, 3.8) is 0 Å². The first-order valence-corrected chi connectivity index (χ1v) is 12.9. The van der Waals surface area contributed by atoms with Crippen LogP contribution in [0.15, 0.2) is 11.6 Å². The van der Waals surface area contributed by atoms with E-state index in [2.05, 4.69) is 47.6 Å². The summed E-state index contributed by atoms with van der Waals surface area (Å²) in [6.45, 7) is 15.2. The van der Waals surface area contributed by atoms with Gasteiger partial charge in [-0.15, -0.1) is 0 Å². The molecule has 28 heavy (non-hydrogen) atoms. The zero-order chi connectivity index (χ0) is 20.1. The van der Waals surface area contributed by atoms with Crippen LogP contribution in [0.1, 0.15) is 112 Å². The third-order valence-electron chi connectivity index (χ3n) is 10.7. The van der Waals surface area contributed by atoms with Crippen molar-refractivity contribution in [2.75, 3.05) is 0 Å². The molecule has 0 N–H and O–H groups in total. The number of hydrogen-bond acceptors (Lipinski definition) is 0. The predicted octanol–water partition coefficient (Wildman–Crippen LogP) is 8.66. The fourth-order valence-corrected chi connectivity index (χ4v) is 9.05. The molecule has 160 valence electrons. The van der Waals surface area contributed by atoms with Gasteiger partial charge in [0.15, 0.2) is 0 Å². The van der Waals surface area contributed by atoms with Crippen molar-refractivity contribution in [1.82, 2.24) is 0 Å². The molecule has 0 aliphatic heterocycles. The average molecular weight is 385 g/mol. The van der Waals surface area contributed by atoms with E-state index in [1.807, 2.05) is 0 Å². The highest BCUT2D eigenvalue weighted by molar-refractivity contribution is 5.17. The van der Waals surface area contributed by atoms with E-state index >= 15 is 0 Å². The van der Waals surface area contributed by atoms with Crippen LogP contribution >= 0.6 is 0 Å². The van der Waals surface area contributed by atoms with E-state index in [0.717, 1.165) is 41.4 Å². The summed E-state index contributed by atoms with van der Waals surface area (Å²) in [5.74, 6) is 6.80. The van der Waals surface area contributed by atoms with E-state index in [9.17, 15) is 0 Å². The van der Waals surface area contributed by atoms with Gasteiger partial charge in [-0.1, -0.05) is 65.5 Å².